The summed E-state index contributed by atoms with van der Waals surface area (Å²) in [7, 11) is 0. The Kier molecular flexibility index (Phi) is 6.04. The van der Waals surface area contributed by atoms with Gasteiger partial charge in [0.15, 0.2) is 0 Å². The molecule has 0 spiro atoms. The highest BCUT2D eigenvalue weighted by Crippen LogP contribution is 2.39. The van der Waals surface area contributed by atoms with Crippen LogP contribution in [0.3, 0.4) is 0 Å². The third kappa shape index (κ3) is 5.07. The first-order chi connectivity index (χ1) is 13.1. The molecule has 0 aromatic heterocycles. The van der Waals surface area contributed by atoms with Crippen molar-refractivity contribution in [2.24, 2.45) is 11.8 Å². The number of anilines is 1. The van der Waals surface area contributed by atoms with Crippen LogP contribution in [0.4, 0.5) is 18.9 Å². The summed E-state index contributed by atoms with van der Waals surface area (Å²) in [4.78, 5) is 12.9. The number of alkyl halides is 3. The Morgan fingerprint density at radius 1 is 1.18 bits per heavy atom. The summed E-state index contributed by atoms with van der Waals surface area (Å²) >= 11 is 5.86. The van der Waals surface area contributed by atoms with E-state index in [1.165, 1.54) is 37.1 Å². The van der Waals surface area contributed by atoms with Gasteiger partial charge in [-0.3, -0.25) is 4.79 Å². The van der Waals surface area contributed by atoms with Crippen LogP contribution in [-0.2, 0) is 11.2 Å². The number of rotatable bonds is 6. The summed E-state index contributed by atoms with van der Waals surface area (Å²) < 4.78 is 40.4. The van der Waals surface area contributed by atoms with Crippen molar-refractivity contribution < 1.29 is 18.0 Å². The highest BCUT2D eigenvalue weighted by atomic mass is 35.5. The monoisotopic (exact) mass is 409 g/mol. The van der Waals surface area contributed by atoms with Gasteiger partial charge in [0.2, 0.25) is 5.91 Å². The van der Waals surface area contributed by atoms with E-state index in [4.69, 9.17) is 11.6 Å². The largest absolute Gasteiger partial charge is 0.392 e. The van der Waals surface area contributed by atoms with Crippen molar-refractivity contribution in [3.05, 3.63) is 64.2 Å². The van der Waals surface area contributed by atoms with Crippen molar-refractivity contribution in [2.45, 2.75) is 45.2 Å². The zero-order valence-electron chi connectivity index (χ0n) is 15.8. The third-order valence-corrected chi connectivity index (χ3v) is 5.56. The molecule has 150 valence electrons. The predicted octanol–water partition coefficient (Wildman–Crippen LogP) is 6.52. The molecule has 0 bridgehead atoms. The molecule has 0 radical (unpaired) electrons. The Bertz CT molecular complexity index is 844. The van der Waals surface area contributed by atoms with Gasteiger partial charge >= 0.3 is 6.18 Å². The van der Waals surface area contributed by atoms with E-state index in [-0.39, 0.29) is 0 Å². The van der Waals surface area contributed by atoms with Crippen LogP contribution in [0.1, 0.15) is 42.4 Å². The molecule has 6 heteroatoms. The Morgan fingerprint density at radius 3 is 2.39 bits per heavy atom. The first kappa shape index (κ1) is 20.7. The lowest BCUT2D eigenvalue weighted by Crippen LogP contribution is -2.34. The van der Waals surface area contributed by atoms with E-state index < -0.39 is 23.9 Å². The van der Waals surface area contributed by atoms with E-state index in [1.54, 1.807) is 0 Å². The number of carbonyl (C=O) groups is 1. The van der Waals surface area contributed by atoms with Gasteiger partial charge in [-0.25, -0.2) is 0 Å². The minimum absolute atomic E-state index is 0.290. The van der Waals surface area contributed by atoms with Crippen LogP contribution < -0.4 is 5.32 Å². The predicted molar refractivity (Wildman–Crippen MR) is 106 cm³/mol. The van der Waals surface area contributed by atoms with Crippen LogP contribution in [0.2, 0.25) is 5.02 Å². The number of hydrogen-bond acceptors (Lipinski definition) is 1. The van der Waals surface area contributed by atoms with Gasteiger partial charge in [0.05, 0.1) is 11.8 Å². The van der Waals surface area contributed by atoms with Crippen LogP contribution in [0.15, 0.2) is 42.5 Å². The minimum Gasteiger partial charge on any atom is -0.325 e. The maximum absolute atomic E-state index is 13.5. The molecular weight excluding hydrogens is 387 g/mol. The summed E-state index contributed by atoms with van der Waals surface area (Å²) in [6.07, 6.45) is -1.15. The molecule has 0 saturated heterocycles. The number of amides is 1. The zero-order valence-corrected chi connectivity index (χ0v) is 16.6. The molecule has 1 fully saturated rings. The number of aryl methyl sites for hydroxylation is 1. The van der Waals surface area contributed by atoms with E-state index in [2.05, 4.69) is 5.32 Å². The first-order valence-electron chi connectivity index (χ1n) is 9.37. The van der Waals surface area contributed by atoms with Gasteiger partial charge in [0.1, 0.15) is 0 Å². The minimum atomic E-state index is -4.50. The molecule has 28 heavy (non-hydrogen) atoms. The first-order valence-corrected chi connectivity index (χ1v) is 9.75. The zero-order chi connectivity index (χ0) is 20.5. The summed E-state index contributed by atoms with van der Waals surface area (Å²) in [5, 5.41) is 3.15. The molecule has 1 N–H and O–H groups in total. The molecule has 0 unspecified atom stereocenters. The summed E-state index contributed by atoms with van der Waals surface area (Å²) in [5.74, 6) is -3.18. The van der Waals surface area contributed by atoms with Crippen LogP contribution in [0.5, 0.6) is 0 Å². The average Bonchev–Trinajstić information content (AvgIpc) is 3.43. The van der Waals surface area contributed by atoms with Gasteiger partial charge in [-0.15, -0.1) is 0 Å². The fraction of sp³-hybridized carbons (Fsp3) is 0.409. The lowest BCUT2D eigenvalue weighted by Gasteiger charge is -2.26. The molecule has 3 rings (SSSR count). The van der Waals surface area contributed by atoms with Crippen LogP contribution >= 0.6 is 11.6 Å². The molecule has 0 heterocycles. The van der Waals surface area contributed by atoms with E-state index in [9.17, 15) is 18.0 Å². The van der Waals surface area contributed by atoms with Gasteiger partial charge in [-0.1, -0.05) is 42.8 Å². The molecule has 0 aliphatic heterocycles. The number of halogens is 4. The van der Waals surface area contributed by atoms with E-state index in [0.29, 0.717) is 22.2 Å². The molecule has 1 saturated carbocycles. The van der Waals surface area contributed by atoms with Crippen LogP contribution in [0.25, 0.3) is 0 Å². The van der Waals surface area contributed by atoms with Crippen LogP contribution in [0, 0.1) is 18.8 Å². The van der Waals surface area contributed by atoms with Gasteiger partial charge in [-0.05, 0) is 67.0 Å². The molecule has 1 aliphatic rings. The van der Waals surface area contributed by atoms with Crippen molar-refractivity contribution in [1.82, 2.24) is 0 Å². The van der Waals surface area contributed by atoms with Gasteiger partial charge < -0.3 is 5.32 Å². The maximum atomic E-state index is 13.5. The lowest BCUT2D eigenvalue weighted by atomic mass is 9.85. The van der Waals surface area contributed by atoms with E-state index >= 15 is 0 Å². The third-order valence-electron chi connectivity index (χ3n) is 5.31. The summed E-state index contributed by atoms with van der Waals surface area (Å²) in [5.41, 5.74) is 2.77. The van der Waals surface area contributed by atoms with Crippen molar-refractivity contribution >= 4 is 23.2 Å². The van der Waals surface area contributed by atoms with Crippen molar-refractivity contribution in [3.8, 4) is 0 Å². The van der Waals surface area contributed by atoms with Gasteiger partial charge in [0, 0.05) is 10.7 Å². The molecule has 2 aromatic carbocycles. The van der Waals surface area contributed by atoms with Crippen molar-refractivity contribution in [2.75, 3.05) is 5.32 Å². The fourth-order valence-electron chi connectivity index (χ4n) is 3.32. The maximum Gasteiger partial charge on any atom is 0.392 e. The highest BCUT2D eigenvalue weighted by Gasteiger charge is 2.45. The normalized spacial score (nSPS) is 16.5. The fourth-order valence-corrected chi connectivity index (χ4v) is 3.45. The smallest absolute Gasteiger partial charge is 0.325 e. The average molecular weight is 410 g/mol. The summed E-state index contributed by atoms with van der Waals surface area (Å²) in [6, 6.07) is 11.7. The van der Waals surface area contributed by atoms with Gasteiger partial charge in [0.25, 0.3) is 0 Å². The number of carbonyl (C=O) groups excluding carboxylic acids is 1. The standard InChI is InChI=1S/C22H23ClF3NO/c1-13-3-4-16(11-15-5-6-15)12-19(13)27-21(28)20(14(2)22(24,25)26)17-7-9-18(23)10-8-17/h3-4,7-10,12,14-15,20H,5-6,11H2,1-2H3,(H,27,28)/t14-,20+/m1/s1. The molecule has 1 amide bonds. The highest BCUT2D eigenvalue weighted by molar-refractivity contribution is 6.30. The second-order valence-corrected chi connectivity index (χ2v) is 8.08. The topological polar surface area (TPSA) is 29.1 Å². The number of benzene rings is 2. The van der Waals surface area contributed by atoms with Crippen molar-refractivity contribution in [3.63, 3.8) is 0 Å². The summed E-state index contributed by atoms with van der Waals surface area (Å²) in [6.45, 7) is 2.87. The Balaban J connectivity index is 1.87. The molecular formula is C22H23ClF3NO. The number of nitrogens with one attached hydrogen (secondary N) is 1. The Hall–Kier alpha value is -2.01. The number of hydrogen-bond donors (Lipinski definition) is 1. The SMILES string of the molecule is Cc1ccc(CC2CC2)cc1NC(=O)[C@H](c1ccc(Cl)cc1)[C@@H](C)C(F)(F)F. The van der Waals surface area contributed by atoms with Crippen molar-refractivity contribution in [1.29, 1.82) is 0 Å². The second-order valence-electron chi connectivity index (χ2n) is 7.65. The molecule has 2 nitrogen and oxygen atoms in total. The second kappa shape index (κ2) is 8.16. The molecule has 2 atom stereocenters. The van der Waals surface area contributed by atoms with Gasteiger partial charge in [-0.2, -0.15) is 13.2 Å². The quantitative estimate of drug-likeness (QED) is 0.578. The Morgan fingerprint density at radius 2 is 1.82 bits per heavy atom. The van der Waals surface area contributed by atoms with E-state index in [0.717, 1.165) is 24.5 Å². The van der Waals surface area contributed by atoms with Crippen LogP contribution in [-0.4, -0.2) is 12.1 Å². The molecule has 2 aromatic rings. The lowest BCUT2D eigenvalue weighted by molar-refractivity contribution is -0.178. The Labute approximate surface area is 168 Å². The van der Waals surface area contributed by atoms with E-state index in [1.807, 2.05) is 25.1 Å². The molecule has 1 aliphatic carbocycles.